The zero-order valence-electron chi connectivity index (χ0n) is 8.61. The average molecular weight is 347 g/mol. The molecule has 0 radical (unpaired) electrons. The third kappa shape index (κ3) is 2.30. The Bertz CT molecular complexity index is 530. The van der Waals surface area contributed by atoms with E-state index in [0.29, 0.717) is 12.2 Å². The fourth-order valence-electron chi connectivity index (χ4n) is 1.52. The lowest BCUT2D eigenvalue weighted by atomic mass is 10.2. The first kappa shape index (κ1) is 11.7. The molecule has 0 aromatic carbocycles. The van der Waals surface area contributed by atoms with Gasteiger partial charge in [0.2, 0.25) is 0 Å². The van der Waals surface area contributed by atoms with Crippen molar-refractivity contribution >= 4 is 39.9 Å². The predicted octanol–water partition coefficient (Wildman–Crippen LogP) is 3.21. The maximum atomic E-state index is 11.0. The third-order valence-corrected chi connectivity index (χ3v) is 3.88. The number of aromatic nitrogens is 1. The highest BCUT2D eigenvalue weighted by atomic mass is 127. The number of aromatic carboxylic acids is 1. The van der Waals surface area contributed by atoms with Crippen LogP contribution in [0.15, 0.2) is 23.0 Å². The van der Waals surface area contributed by atoms with Crippen LogP contribution in [0.5, 0.6) is 0 Å². The summed E-state index contributed by atoms with van der Waals surface area (Å²) in [6, 6.07) is 1.69. The van der Waals surface area contributed by atoms with Crippen molar-refractivity contribution in [3.8, 4) is 0 Å². The Labute approximate surface area is 111 Å². The lowest BCUT2D eigenvalue weighted by Crippen LogP contribution is -2.08. The second-order valence-electron chi connectivity index (χ2n) is 3.56. The number of rotatable bonds is 3. The number of carboxylic acid groups (broad SMARTS) is 1. The number of nitrogens with zero attached hydrogens (tertiary/aromatic N) is 1. The summed E-state index contributed by atoms with van der Waals surface area (Å²) in [7, 11) is 0. The highest BCUT2D eigenvalue weighted by Gasteiger charge is 2.12. The van der Waals surface area contributed by atoms with Gasteiger partial charge in [-0.3, -0.25) is 0 Å². The molecule has 0 unspecified atom stereocenters. The average Bonchev–Trinajstić information content (AvgIpc) is 2.75. The molecule has 2 heterocycles. The Morgan fingerprint density at radius 1 is 1.56 bits per heavy atom. The molecule has 0 amide bonds. The first-order chi connectivity index (χ1) is 7.58. The van der Waals surface area contributed by atoms with Crippen LogP contribution in [-0.4, -0.2) is 15.6 Å². The largest absolute Gasteiger partial charge is 0.477 e. The van der Waals surface area contributed by atoms with Crippen LogP contribution >= 0.6 is 33.9 Å². The van der Waals surface area contributed by atoms with Crippen molar-refractivity contribution in [3.63, 3.8) is 0 Å². The van der Waals surface area contributed by atoms with E-state index in [2.05, 4.69) is 33.4 Å². The van der Waals surface area contributed by atoms with E-state index < -0.39 is 5.97 Å². The molecular formula is C11H10INO2S. The van der Waals surface area contributed by atoms with Crippen LogP contribution in [0.2, 0.25) is 0 Å². The monoisotopic (exact) mass is 347 g/mol. The number of thiophene rings is 1. The van der Waals surface area contributed by atoms with Crippen LogP contribution in [0.1, 0.15) is 21.6 Å². The first-order valence-corrected chi connectivity index (χ1v) is 6.70. The molecular weight excluding hydrogens is 337 g/mol. The maximum Gasteiger partial charge on any atom is 0.352 e. The lowest BCUT2D eigenvalue weighted by molar-refractivity contribution is 0.0685. The zero-order valence-corrected chi connectivity index (χ0v) is 11.6. The van der Waals surface area contributed by atoms with Gasteiger partial charge in [0.15, 0.2) is 0 Å². The lowest BCUT2D eigenvalue weighted by Gasteiger charge is -2.05. The summed E-state index contributed by atoms with van der Waals surface area (Å²) in [6.07, 6.45) is 1.86. The van der Waals surface area contributed by atoms with Gasteiger partial charge in [0.1, 0.15) is 5.69 Å². The first-order valence-electron chi connectivity index (χ1n) is 4.68. The number of aryl methyl sites for hydroxylation is 1. The Kier molecular flexibility index (Phi) is 3.34. The van der Waals surface area contributed by atoms with Gasteiger partial charge in [-0.25, -0.2) is 4.79 Å². The molecule has 16 heavy (non-hydrogen) atoms. The van der Waals surface area contributed by atoms with Gasteiger partial charge in [0, 0.05) is 16.3 Å². The molecule has 0 fully saturated rings. The van der Waals surface area contributed by atoms with E-state index in [1.165, 1.54) is 11.1 Å². The SMILES string of the molecule is Cc1cscc1Cn1cc(I)cc1C(=O)O. The van der Waals surface area contributed by atoms with Gasteiger partial charge >= 0.3 is 5.97 Å². The van der Waals surface area contributed by atoms with Crippen LogP contribution in [-0.2, 0) is 6.54 Å². The molecule has 1 N–H and O–H groups in total. The Hall–Kier alpha value is -0.820. The van der Waals surface area contributed by atoms with E-state index >= 15 is 0 Å². The summed E-state index contributed by atoms with van der Waals surface area (Å²) in [6.45, 7) is 2.67. The molecule has 84 valence electrons. The van der Waals surface area contributed by atoms with Gasteiger partial charge < -0.3 is 9.67 Å². The molecule has 0 atom stereocenters. The standard InChI is InChI=1S/C11H10INO2S/c1-7-5-16-6-8(7)3-13-4-9(12)2-10(13)11(14)15/h2,4-6H,3H2,1H3,(H,14,15). The van der Waals surface area contributed by atoms with Gasteiger partial charge in [0.25, 0.3) is 0 Å². The highest BCUT2D eigenvalue weighted by molar-refractivity contribution is 14.1. The Morgan fingerprint density at radius 2 is 2.31 bits per heavy atom. The minimum atomic E-state index is -0.879. The van der Waals surface area contributed by atoms with Crippen molar-refractivity contribution in [2.24, 2.45) is 0 Å². The molecule has 5 heteroatoms. The van der Waals surface area contributed by atoms with E-state index in [9.17, 15) is 4.79 Å². The molecule has 0 aliphatic heterocycles. The van der Waals surface area contributed by atoms with Gasteiger partial charge in [-0.05, 0) is 57.5 Å². The Morgan fingerprint density at radius 3 is 2.88 bits per heavy atom. The van der Waals surface area contributed by atoms with Crippen molar-refractivity contribution < 1.29 is 9.90 Å². The predicted molar refractivity (Wildman–Crippen MR) is 72.3 cm³/mol. The second-order valence-corrected chi connectivity index (χ2v) is 5.55. The van der Waals surface area contributed by atoms with E-state index in [4.69, 9.17) is 5.11 Å². The highest BCUT2D eigenvalue weighted by Crippen LogP contribution is 2.18. The summed E-state index contributed by atoms with van der Waals surface area (Å²) in [4.78, 5) is 11.0. The maximum absolute atomic E-state index is 11.0. The Balaban J connectivity index is 2.34. The fraction of sp³-hybridized carbons (Fsp3) is 0.182. The number of carbonyl (C=O) groups is 1. The molecule has 2 aromatic rings. The summed E-state index contributed by atoms with van der Waals surface area (Å²) in [5.41, 5.74) is 2.74. The van der Waals surface area contributed by atoms with E-state index in [0.717, 1.165) is 3.57 Å². The summed E-state index contributed by atoms with van der Waals surface area (Å²) >= 11 is 3.77. The number of carboxylic acids is 1. The van der Waals surface area contributed by atoms with Crippen LogP contribution in [0.4, 0.5) is 0 Å². The van der Waals surface area contributed by atoms with Gasteiger partial charge in [-0.1, -0.05) is 0 Å². The summed E-state index contributed by atoms with van der Waals surface area (Å²) < 4.78 is 2.72. The number of hydrogen-bond acceptors (Lipinski definition) is 2. The molecule has 2 rings (SSSR count). The minimum Gasteiger partial charge on any atom is -0.477 e. The van der Waals surface area contributed by atoms with Gasteiger partial charge in [-0.15, -0.1) is 0 Å². The molecule has 3 nitrogen and oxygen atoms in total. The van der Waals surface area contributed by atoms with Crippen LogP contribution < -0.4 is 0 Å². The molecule has 0 spiro atoms. The van der Waals surface area contributed by atoms with Crippen LogP contribution in [0.25, 0.3) is 0 Å². The third-order valence-electron chi connectivity index (χ3n) is 2.38. The van der Waals surface area contributed by atoms with Crippen LogP contribution in [0, 0.1) is 10.5 Å². The number of hydrogen-bond donors (Lipinski definition) is 1. The van der Waals surface area contributed by atoms with E-state index in [-0.39, 0.29) is 0 Å². The second kappa shape index (κ2) is 4.58. The summed E-state index contributed by atoms with van der Waals surface area (Å²) in [5, 5.41) is 13.2. The molecule has 0 saturated carbocycles. The van der Waals surface area contributed by atoms with Crippen molar-refractivity contribution in [1.29, 1.82) is 0 Å². The molecule has 0 aliphatic carbocycles. The molecule has 0 aliphatic rings. The number of halogens is 1. The fourth-order valence-corrected chi connectivity index (χ4v) is 3.00. The van der Waals surface area contributed by atoms with Crippen molar-refractivity contribution in [3.05, 3.63) is 43.4 Å². The van der Waals surface area contributed by atoms with Gasteiger partial charge in [-0.2, -0.15) is 11.3 Å². The normalized spacial score (nSPS) is 10.6. The smallest absolute Gasteiger partial charge is 0.352 e. The van der Waals surface area contributed by atoms with Crippen molar-refractivity contribution in [2.75, 3.05) is 0 Å². The molecule has 2 aromatic heterocycles. The van der Waals surface area contributed by atoms with Crippen LogP contribution in [0.3, 0.4) is 0 Å². The topological polar surface area (TPSA) is 42.2 Å². The van der Waals surface area contributed by atoms with Crippen molar-refractivity contribution in [1.82, 2.24) is 4.57 Å². The van der Waals surface area contributed by atoms with Gasteiger partial charge in [0.05, 0.1) is 0 Å². The van der Waals surface area contributed by atoms with Crippen molar-refractivity contribution in [2.45, 2.75) is 13.5 Å². The minimum absolute atomic E-state index is 0.343. The van der Waals surface area contributed by atoms with E-state index in [1.807, 2.05) is 13.1 Å². The summed E-state index contributed by atoms with van der Waals surface area (Å²) in [5.74, 6) is -0.879. The molecule has 0 saturated heterocycles. The quantitative estimate of drug-likeness (QED) is 0.867. The van der Waals surface area contributed by atoms with E-state index in [1.54, 1.807) is 22.0 Å². The zero-order chi connectivity index (χ0) is 11.7. The molecule has 0 bridgehead atoms.